The molecular formula is C22H18N2O3. The van der Waals surface area contributed by atoms with Crippen LogP contribution in [-0.4, -0.2) is 22.7 Å². The van der Waals surface area contributed by atoms with Gasteiger partial charge in [-0.1, -0.05) is 65.8 Å². The Morgan fingerprint density at radius 2 is 1.70 bits per heavy atom. The Balaban J connectivity index is 1.54. The van der Waals surface area contributed by atoms with Gasteiger partial charge in [0.1, 0.15) is 5.52 Å². The van der Waals surface area contributed by atoms with E-state index in [0.717, 1.165) is 16.5 Å². The van der Waals surface area contributed by atoms with Gasteiger partial charge in [0.15, 0.2) is 5.76 Å². The number of aromatic nitrogens is 1. The highest BCUT2D eigenvalue weighted by Crippen LogP contribution is 2.29. The molecule has 0 aliphatic rings. The van der Waals surface area contributed by atoms with Crippen molar-refractivity contribution in [3.63, 3.8) is 0 Å². The fourth-order valence-electron chi connectivity index (χ4n) is 2.96. The summed E-state index contributed by atoms with van der Waals surface area (Å²) in [4.78, 5) is 12.5. The van der Waals surface area contributed by atoms with Gasteiger partial charge in [-0.3, -0.25) is 4.79 Å². The topological polar surface area (TPSA) is 75.4 Å². The highest BCUT2D eigenvalue weighted by Gasteiger charge is 2.15. The first kappa shape index (κ1) is 17.0. The summed E-state index contributed by atoms with van der Waals surface area (Å²) in [6.07, 6.45) is -0.755. The molecule has 3 aromatic carbocycles. The van der Waals surface area contributed by atoms with Crippen LogP contribution in [0.2, 0.25) is 0 Å². The van der Waals surface area contributed by atoms with Gasteiger partial charge in [0, 0.05) is 17.7 Å². The molecule has 0 saturated carbocycles. The van der Waals surface area contributed by atoms with E-state index in [-0.39, 0.29) is 12.5 Å². The predicted octanol–water partition coefficient (Wildman–Crippen LogP) is 3.96. The largest absolute Gasteiger partial charge is 0.387 e. The first-order chi connectivity index (χ1) is 13.2. The van der Waals surface area contributed by atoms with E-state index in [9.17, 15) is 9.90 Å². The van der Waals surface area contributed by atoms with Gasteiger partial charge >= 0.3 is 0 Å². The highest BCUT2D eigenvalue weighted by atomic mass is 16.5. The van der Waals surface area contributed by atoms with E-state index in [2.05, 4.69) is 10.5 Å². The third-order valence-corrected chi connectivity index (χ3v) is 4.41. The molecular weight excluding hydrogens is 340 g/mol. The van der Waals surface area contributed by atoms with Crippen LogP contribution < -0.4 is 5.32 Å². The van der Waals surface area contributed by atoms with E-state index in [1.807, 2.05) is 60.7 Å². The molecule has 0 radical (unpaired) electrons. The third kappa shape index (κ3) is 3.59. The average molecular weight is 358 g/mol. The molecule has 0 spiro atoms. The third-order valence-electron chi connectivity index (χ3n) is 4.41. The molecule has 1 amide bonds. The number of nitrogens with zero attached hydrogens (tertiary/aromatic N) is 1. The number of amides is 1. The number of benzene rings is 3. The molecule has 4 rings (SSSR count). The monoisotopic (exact) mass is 358 g/mol. The van der Waals surface area contributed by atoms with Crippen molar-refractivity contribution in [3.05, 3.63) is 90.0 Å². The van der Waals surface area contributed by atoms with Crippen LogP contribution in [0.15, 0.2) is 83.4 Å². The molecule has 27 heavy (non-hydrogen) atoms. The standard InChI is InChI=1S/C22H18N2O3/c25-20(15-7-3-1-4-8-15)14-23-22(26)17-11-12-19-18(13-17)21(27-24-19)16-9-5-2-6-10-16/h1-13,20,25H,14H2,(H,23,26)/t20-/m1/s1. The smallest absolute Gasteiger partial charge is 0.251 e. The molecule has 0 aliphatic carbocycles. The van der Waals surface area contributed by atoms with Gasteiger partial charge in [-0.05, 0) is 23.8 Å². The molecule has 2 N–H and O–H groups in total. The lowest BCUT2D eigenvalue weighted by Gasteiger charge is -2.12. The van der Waals surface area contributed by atoms with Crippen LogP contribution in [-0.2, 0) is 0 Å². The summed E-state index contributed by atoms with van der Waals surface area (Å²) in [5.74, 6) is 0.372. The lowest BCUT2D eigenvalue weighted by molar-refractivity contribution is 0.0916. The zero-order chi connectivity index (χ0) is 18.6. The van der Waals surface area contributed by atoms with Gasteiger partial charge in [0.25, 0.3) is 5.91 Å². The van der Waals surface area contributed by atoms with Crippen LogP contribution >= 0.6 is 0 Å². The predicted molar refractivity (Wildman–Crippen MR) is 103 cm³/mol. The highest BCUT2D eigenvalue weighted by molar-refractivity contribution is 6.00. The maximum Gasteiger partial charge on any atom is 0.251 e. The fraction of sp³-hybridized carbons (Fsp3) is 0.0909. The van der Waals surface area contributed by atoms with Crippen LogP contribution in [0.25, 0.3) is 22.2 Å². The molecule has 0 saturated heterocycles. The summed E-state index contributed by atoms with van der Waals surface area (Å²) < 4.78 is 5.47. The fourth-order valence-corrected chi connectivity index (χ4v) is 2.96. The second-order valence-electron chi connectivity index (χ2n) is 6.25. The second kappa shape index (κ2) is 7.43. The Hall–Kier alpha value is -3.44. The number of carbonyl (C=O) groups excluding carboxylic acids is 1. The number of carbonyl (C=O) groups is 1. The normalized spacial score (nSPS) is 12.0. The van der Waals surface area contributed by atoms with Gasteiger partial charge in [-0.2, -0.15) is 0 Å². The van der Waals surface area contributed by atoms with Crippen molar-refractivity contribution in [2.24, 2.45) is 0 Å². The Kier molecular flexibility index (Phi) is 4.68. The lowest BCUT2D eigenvalue weighted by atomic mass is 10.1. The first-order valence-electron chi connectivity index (χ1n) is 8.68. The molecule has 0 fully saturated rings. The molecule has 4 aromatic rings. The van der Waals surface area contributed by atoms with E-state index in [1.54, 1.807) is 18.2 Å². The Bertz CT molecular complexity index is 1060. The van der Waals surface area contributed by atoms with E-state index < -0.39 is 6.10 Å². The molecule has 5 heteroatoms. The average Bonchev–Trinajstić information content (AvgIpc) is 3.16. The summed E-state index contributed by atoms with van der Waals surface area (Å²) in [5, 5.41) is 17.8. The maximum atomic E-state index is 12.5. The lowest BCUT2D eigenvalue weighted by Crippen LogP contribution is -2.28. The van der Waals surface area contributed by atoms with Gasteiger partial charge < -0.3 is 14.9 Å². The summed E-state index contributed by atoms with van der Waals surface area (Å²) >= 11 is 0. The van der Waals surface area contributed by atoms with Crippen LogP contribution in [0.5, 0.6) is 0 Å². The summed E-state index contributed by atoms with van der Waals surface area (Å²) in [6, 6.07) is 24.1. The number of hydrogen-bond donors (Lipinski definition) is 2. The number of rotatable bonds is 5. The SMILES string of the molecule is O=C(NC[C@@H](O)c1ccccc1)c1ccc2noc(-c3ccccc3)c2c1. The Morgan fingerprint density at radius 3 is 2.44 bits per heavy atom. The van der Waals surface area contributed by atoms with E-state index in [1.165, 1.54) is 0 Å². The van der Waals surface area contributed by atoms with Crippen LogP contribution in [0.3, 0.4) is 0 Å². The maximum absolute atomic E-state index is 12.5. The van der Waals surface area contributed by atoms with Crippen LogP contribution in [0.1, 0.15) is 22.0 Å². The number of aliphatic hydroxyl groups excluding tert-OH is 1. The summed E-state index contributed by atoms with van der Waals surface area (Å²) in [7, 11) is 0. The van der Waals surface area contributed by atoms with Crippen LogP contribution in [0, 0.1) is 0 Å². The first-order valence-corrected chi connectivity index (χ1v) is 8.68. The second-order valence-corrected chi connectivity index (χ2v) is 6.25. The number of fused-ring (bicyclic) bond motifs is 1. The molecule has 0 aliphatic heterocycles. The molecule has 1 atom stereocenters. The summed E-state index contributed by atoms with van der Waals surface area (Å²) in [5.41, 5.74) is 2.84. The van der Waals surface area contributed by atoms with Crippen LogP contribution in [0.4, 0.5) is 0 Å². The van der Waals surface area contributed by atoms with Crippen molar-refractivity contribution >= 4 is 16.8 Å². The van der Waals surface area contributed by atoms with Crippen molar-refractivity contribution in [1.82, 2.24) is 10.5 Å². The minimum atomic E-state index is -0.755. The minimum Gasteiger partial charge on any atom is -0.387 e. The molecule has 1 heterocycles. The number of nitrogens with one attached hydrogen (secondary N) is 1. The number of hydrogen-bond acceptors (Lipinski definition) is 4. The Labute approximate surface area is 156 Å². The molecule has 1 aromatic heterocycles. The molecule has 0 unspecified atom stereocenters. The van der Waals surface area contributed by atoms with Crippen molar-refractivity contribution in [1.29, 1.82) is 0 Å². The van der Waals surface area contributed by atoms with Gasteiger partial charge in [0.05, 0.1) is 11.5 Å². The van der Waals surface area contributed by atoms with Crippen molar-refractivity contribution < 1.29 is 14.4 Å². The van der Waals surface area contributed by atoms with E-state index in [4.69, 9.17) is 4.52 Å². The summed E-state index contributed by atoms with van der Waals surface area (Å²) in [6.45, 7) is 0.135. The zero-order valence-corrected chi connectivity index (χ0v) is 14.5. The van der Waals surface area contributed by atoms with Gasteiger partial charge in [0.2, 0.25) is 0 Å². The van der Waals surface area contributed by atoms with Crippen molar-refractivity contribution in [2.75, 3.05) is 6.54 Å². The Morgan fingerprint density at radius 1 is 1.00 bits per heavy atom. The van der Waals surface area contributed by atoms with E-state index in [0.29, 0.717) is 16.8 Å². The van der Waals surface area contributed by atoms with Crippen molar-refractivity contribution in [3.8, 4) is 11.3 Å². The number of aliphatic hydroxyl groups is 1. The zero-order valence-electron chi connectivity index (χ0n) is 14.5. The van der Waals surface area contributed by atoms with E-state index >= 15 is 0 Å². The van der Waals surface area contributed by atoms with Crippen molar-refractivity contribution in [2.45, 2.75) is 6.10 Å². The molecule has 0 bridgehead atoms. The molecule has 5 nitrogen and oxygen atoms in total. The molecule has 134 valence electrons. The minimum absolute atomic E-state index is 0.135. The van der Waals surface area contributed by atoms with Gasteiger partial charge in [-0.25, -0.2) is 0 Å². The quantitative estimate of drug-likeness (QED) is 0.566. The van der Waals surface area contributed by atoms with Gasteiger partial charge in [-0.15, -0.1) is 0 Å².